The summed E-state index contributed by atoms with van der Waals surface area (Å²) in [6, 6.07) is 4.86. The second-order valence-corrected chi connectivity index (χ2v) is 8.21. The van der Waals surface area contributed by atoms with E-state index in [-0.39, 0.29) is 30.8 Å². The lowest BCUT2D eigenvalue weighted by atomic mass is 10.1. The van der Waals surface area contributed by atoms with Gasteiger partial charge in [-0.2, -0.15) is 13.2 Å². The smallest absolute Gasteiger partial charge is 0.418 e. The van der Waals surface area contributed by atoms with Crippen LogP contribution in [0.1, 0.15) is 12.5 Å². The number of ether oxygens (including phenoxy) is 1. The molecule has 1 aromatic carbocycles. The Morgan fingerprint density at radius 1 is 0.882 bits per heavy atom. The van der Waals surface area contributed by atoms with Gasteiger partial charge in [-0.3, -0.25) is 19.4 Å². The number of carbonyl (C=O) groups excluding carboxylic acids is 3. The third-order valence-electron chi connectivity index (χ3n) is 5.86. The predicted molar refractivity (Wildman–Crippen MR) is 118 cm³/mol. The van der Waals surface area contributed by atoms with E-state index in [9.17, 15) is 27.6 Å². The van der Waals surface area contributed by atoms with Crippen LogP contribution in [-0.2, 0) is 20.5 Å². The van der Waals surface area contributed by atoms with E-state index in [1.807, 2.05) is 9.80 Å². The molecule has 0 aliphatic carbocycles. The largest absolute Gasteiger partial charge is 0.450 e. The lowest BCUT2D eigenvalue weighted by Crippen LogP contribution is -2.55. The van der Waals surface area contributed by atoms with Crippen LogP contribution < -0.4 is 5.32 Å². The number of hydrogen-bond acceptors (Lipinski definition) is 6. The average molecular weight is 486 g/mol. The minimum absolute atomic E-state index is 0.0206. The normalized spacial score (nSPS) is 18.0. The summed E-state index contributed by atoms with van der Waals surface area (Å²) in [5.41, 5.74) is -1.15. The third-order valence-corrected chi connectivity index (χ3v) is 5.86. The number of rotatable bonds is 6. The van der Waals surface area contributed by atoms with Crippen molar-refractivity contribution in [2.45, 2.75) is 13.1 Å². The van der Waals surface area contributed by atoms with E-state index >= 15 is 0 Å². The molecule has 12 heteroatoms. The van der Waals surface area contributed by atoms with Gasteiger partial charge in [0.2, 0.25) is 11.8 Å². The Kier molecular flexibility index (Phi) is 8.72. The average Bonchev–Trinajstić information content (AvgIpc) is 2.79. The zero-order chi connectivity index (χ0) is 24.7. The number of benzene rings is 1. The summed E-state index contributed by atoms with van der Waals surface area (Å²) in [6.07, 6.45) is -4.89. The summed E-state index contributed by atoms with van der Waals surface area (Å²) in [4.78, 5) is 43.9. The van der Waals surface area contributed by atoms with Gasteiger partial charge in [-0.25, -0.2) is 4.79 Å². The van der Waals surface area contributed by atoms with Gasteiger partial charge >= 0.3 is 12.3 Å². The molecule has 0 aromatic heterocycles. The van der Waals surface area contributed by atoms with Crippen molar-refractivity contribution < 1.29 is 32.3 Å². The molecule has 0 atom stereocenters. The van der Waals surface area contributed by atoms with Crippen LogP contribution in [-0.4, -0.2) is 110 Å². The molecular formula is C22H30F3N5O4. The number of para-hydroxylation sites is 1. The standard InChI is InChI=1S/C22H30F3N5O4/c1-2-34-21(33)30-13-9-28(10-14-30)16-20(32)29-11-7-27(8-12-29)15-19(31)26-18-6-4-3-5-17(18)22(23,24)25/h3-6H,2,7-16H2,1H3,(H,26,31). The zero-order valence-electron chi connectivity index (χ0n) is 19.1. The van der Waals surface area contributed by atoms with E-state index in [0.717, 1.165) is 6.07 Å². The molecule has 2 saturated heterocycles. The molecule has 188 valence electrons. The maximum atomic E-state index is 13.1. The van der Waals surface area contributed by atoms with E-state index in [4.69, 9.17) is 4.74 Å². The van der Waals surface area contributed by atoms with Gasteiger partial charge in [0.25, 0.3) is 0 Å². The van der Waals surface area contributed by atoms with E-state index in [1.165, 1.54) is 18.2 Å². The lowest BCUT2D eigenvalue weighted by Gasteiger charge is -2.37. The zero-order valence-corrected chi connectivity index (χ0v) is 19.1. The van der Waals surface area contributed by atoms with Crippen LogP contribution in [0, 0.1) is 0 Å². The van der Waals surface area contributed by atoms with Crippen molar-refractivity contribution in [2.24, 2.45) is 0 Å². The highest BCUT2D eigenvalue weighted by Crippen LogP contribution is 2.34. The molecule has 0 saturated carbocycles. The predicted octanol–water partition coefficient (Wildman–Crippen LogP) is 1.56. The fraction of sp³-hybridized carbons (Fsp3) is 0.591. The summed E-state index contributed by atoms with van der Waals surface area (Å²) >= 11 is 0. The summed E-state index contributed by atoms with van der Waals surface area (Å²) in [7, 11) is 0. The first kappa shape index (κ1) is 25.8. The van der Waals surface area contributed by atoms with E-state index < -0.39 is 17.6 Å². The quantitative estimate of drug-likeness (QED) is 0.659. The van der Waals surface area contributed by atoms with Crippen molar-refractivity contribution in [3.05, 3.63) is 29.8 Å². The lowest BCUT2D eigenvalue weighted by molar-refractivity contribution is -0.137. The summed E-state index contributed by atoms with van der Waals surface area (Å²) in [5.74, 6) is -0.552. The molecule has 0 bridgehead atoms. The Hall–Kier alpha value is -2.86. The molecule has 1 N–H and O–H groups in total. The maximum absolute atomic E-state index is 13.1. The summed E-state index contributed by atoms with van der Waals surface area (Å²) in [5, 5.41) is 2.35. The van der Waals surface area contributed by atoms with Crippen LogP contribution in [0.2, 0.25) is 0 Å². The molecule has 0 radical (unpaired) electrons. The number of amides is 3. The van der Waals surface area contributed by atoms with E-state index in [0.29, 0.717) is 59.0 Å². The van der Waals surface area contributed by atoms with Gasteiger partial charge < -0.3 is 19.9 Å². The van der Waals surface area contributed by atoms with Crippen LogP contribution in [0.15, 0.2) is 24.3 Å². The van der Waals surface area contributed by atoms with Crippen LogP contribution >= 0.6 is 0 Å². The number of halogens is 3. The minimum atomic E-state index is -4.55. The fourth-order valence-corrected chi connectivity index (χ4v) is 3.98. The molecular weight excluding hydrogens is 455 g/mol. The fourth-order valence-electron chi connectivity index (χ4n) is 3.98. The number of carbonyl (C=O) groups is 3. The molecule has 2 heterocycles. The SMILES string of the molecule is CCOC(=O)N1CCN(CC(=O)N2CCN(CC(=O)Nc3ccccc3C(F)(F)F)CC2)CC1. The van der Waals surface area contributed by atoms with E-state index in [1.54, 1.807) is 16.7 Å². The third kappa shape index (κ3) is 7.07. The minimum Gasteiger partial charge on any atom is -0.450 e. The topological polar surface area (TPSA) is 85.4 Å². The first-order chi connectivity index (χ1) is 16.2. The Morgan fingerprint density at radius 2 is 1.44 bits per heavy atom. The molecule has 0 spiro atoms. The molecule has 0 unspecified atom stereocenters. The van der Waals surface area contributed by atoms with Crippen LogP contribution in [0.3, 0.4) is 0 Å². The second-order valence-electron chi connectivity index (χ2n) is 8.21. The highest BCUT2D eigenvalue weighted by molar-refractivity contribution is 5.93. The van der Waals surface area contributed by atoms with Gasteiger partial charge in [0.1, 0.15) is 0 Å². The molecule has 2 aliphatic heterocycles. The van der Waals surface area contributed by atoms with Crippen molar-refractivity contribution in [3.8, 4) is 0 Å². The van der Waals surface area contributed by atoms with Gasteiger partial charge in [0.15, 0.2) is 0 Å². The Morgan fingerprint density at radius 3 is 2.03 bits per heavy atom. The van der Waals surface area contributed by atoms with Gasteiger partial charge in [-0.05, 0) is 19.1 Å². The van der Waals surface area contributed by atoms with Crippen molar-refractivity contribution in [3.63, 3.8) is 0 Å². The van der Waals surface area contributed by atoms with Crippen molar-refractivity contribution in [1.29, 1.82) is 0 Å². The first-order valence-corrected chi connectivity index (χ1v) is 11.3. The van der Waals surface area contributed by atoms with Crippen LogP contribution in [0.25, 0.3) is 0 Å². The van der Waals surface area contributed by atoms with E-state index in [2.05, 4.69) is 5.32 Å². The van der Waals surface area contributed by atoms with Crippen LogP contribution in [0.5, 0.6) is 0 Å². The summed E-state index contributed by atoms with van der Waals surface area (Å²) in [6.45, 7) is 6.26. The molecule has 1 aromatic rings. The molecule has 9 nitrogen and oxygen atoms in total. The molecule has 2 fully saturated rings. The number of nitrogens with one attached hydrogen (secondary N) is 1. The second kappa shape index (κ2) is 11.5. The molecule has 34 heavy (non-hydrogen) atoms. The number of piperazine rings is 2. The van der Waals surface area contributed by atoms with Gasteiger partial charge in [0, 0.05) is 52.4 Å². The Bertz CT molecular complexity index is 866. The first-order valence-electron chi connectivity index (χ1n) is 11.3. The van der Waals surface area contributed by atoms with Crippen molar-refractivity contribution in [2.75, 3.05) is 77.4 Å². The number of nitrogens with zero attached hydrogens (tertiary/aromatic N) is 4. The van der Waals surface area contributed by atoms with Gasteiger partial charge in [-0.1, -0.05) is 12.1 Å². The maximum Gasteiger partial charge on any atom is 0.418 e. The highest BCUT2D eigenvalue weighted by atomic mass is 19.4. The number of hydrogen-bond donors (Lipinski definition) is 1. The Balaban J connectivity index is 1.40. The van der Waals surface area contributed by atoms with Crippen molar-refractivity contribution >= 4 is 23.6 Å². The number of anilines is 1. The number of alkyl halides is 3. The summed E-state index contributed by atoms with van der Waals surface area (Å²) < 4.78 is 44.3. The Labute approximate surface area is 196 Å². The van der Waals surface area contributed by atoms with Crippen LogP contribution in [0.4, 0.5) is 23.7 Å². The molecule has 3 amide bonds. The van der Waals surface area contributed by atoms with Crippen molar-refractivity contribution in [1.82, 2.24) is 19.6 Å². The molecule has 3 rings (SSSR count). The highest BCUT2D eigenvalue weighted by Gasteiger charge is 2.34. The monoisotopic (exact) mass is 485 g/mol. The van der Waals surface area contributed by atoms with Gasteiger partial charge in [-0.15, -0.1) is 0 Å². The van der Waals surface area contributed by atoms with Gasteiger partial charge in [0.05, 0.1) is 30.9 Å². The molecule has 2 aliphatic rings.